The first-order chi connectivity index (χ1) is 9.51. The molecule has 2 atom stereocenters. The van der Waals surface area contributed by atoms with E-state index in [1.807, 2.05) is 6.92 Å². The van der Waals surface area contributed by atoms with E-state index >= 15 is 0 Å². The van der Waals surface area contributed by atoms with Gasteiger partial charge in [-0.2, -0.15) is 17.4 Å². The Morgan fingerprint density at radius 2 is 1.81 bits per heavy atom. The average molecular weight is 346 g/mol. The molecule has 7 nitrogen and oxygen atoms in total. The highest BCUT2D eigenvalue weighted by molar-refractivity contribution is 7.87. The van der Waals surface area contributed by atoms with Gasteiger partial charge >= 0.3 is 0 Å². The van der Waals surface area contributed by atoms with Crippen molar-refractivity contribution in [1.82, 2.24) is 14.3 Å². The Labute approximate surface area is 134 Å². The van der Waals surface area contributed by atoms with Gasteiger partial charge in [0, 0.05) is 39.4 Å². The van der Waals surface area contributed by atoms with Gasteiger partial charge in [0.2, 0.25) is 0 Å². The first kappa shape index (κ1) is 21.0. The van der Waals surface area contributed by atoms with E-state index < -0.39 is 10.2 Å². The monoisotopic (exact) mass is 345 g/mol. The zero-order valence-corrected chi connectivity index (χ0v) is 14.6. The number of piperidine rings is 1. The standard InChI is InChI=1S/C12H27N3O4S.ClH/c1-11-12(5-4-6-13-11)14-20(16,17)15(7-9-18-2)8-10-19-3;/h11-14H,4-10H2,1-3H3;1H. The van der Waals surface area contributed by atoms with Crippen molar-refractivity contribution in [3.05, 3.63) is 0 Å². The molecule has 0 aromatic heterocycles. The van der Waals surface area contributed by atoms with Crippen LogP contribution in [0.1, 0.15) is 19.8 Å². The predicted molar refractivity (Wildman–Crippen MR) is 85.1 cm³/mol. The van der Waals surface area contributed by atoms with E-state index in [-0.39, 0.29) is 24.5 Å². The second-order valence-electron chi connectivity index (χ2n) is 5.00. The summed E-state index contributed by atoms with van der Waals surface area (Å²) in [6, 6.07) is 0.0755. The SMILES string of the molecule is COCCN(CCOC)S(=O)(=O)NC1CCCNC1C.Cl. The van der Waals surface area contributed by atoms with Crippen LogP contribution in [-0.2, 0) is 19.7 Å². The van der Waals surface area contributed by atoms with Crippen molar-refractivity contribution in [2.45, 2.75) is 31.8 Å². The van der Waals surface area contributed by atoms with Crippen molar-refractivity contribution in [1.29, 1.82) is 0 Å². The number of nitrogens with zero attached hydrogens (tertiary/aromatic N) is 1. The molecule has 0 aliphatic carbocycles. The summed E-state index contributed by atoms with van der Waals surface area (Å²) in [5.41, 5.74) is 0. The van der Waals surface area contributed by atoms with Crippen LogP contribution in [0, 0.1) is 0 Å². The van der Waals surface area contributed by atoms with Gasteiger partial charge in [0.05, 0.1) is 13.2 Å². The quantitative estimate of drug-likeness (QED) is 0.614. The van der Waals surface area contributed by atoms with E-state index in [0.717, 1.165) is 19.4 Å². The van der Waals surface area contributed by atoms with Gasteiger partial charge in [0.25, 0.3) is 10.2 Å². The maximum Gasteiger partial charge on any atom is 0.279 e. The summed E-state index contributed by atoms with van der Waals surface area (Å²) in [5, 5.41) is 3.29. The fourth-order valence-electron chi connectivity index (χ4n) is 2.21. The van der Waals surface area contributed by atoms with Crippen molar-refractivity contribution in [2.75, 3.05) is 47.1 Å². The van der Waals surface area contributed by atoms with Gasteiger partial charge in [-0.05, 0) is 26.3 Å². The Bertz CT molecular complexity index is 362. The second kappa shape index (κ2) is 10.7. The fraction of sp³-hybridized carbons (Fsp3) is 1.00. The van der Waals surface area contributed by atoms with Crippen LogP contribution in [0.5, 0.6) is 0 Å². The molecule has 0 aromatic carbocycles. The summed E-state index contributed by atoms with van der Waals surface area (Å²) in [7, 11) is -0.402. The fourth-order valence-corrected chi connectivity index (χ4v) is 3.69. The number of rotatable bonds is 9. The molecule has 0 spiro atoms. The van der Waals surface area contributed by atoms with Crippen molar-refractivity contribution in [2.24, 2.45) is 0 Å². The van der Waals surface area contributed by atoms with Crippen LogP contribution >= 0.6 is 12.4 Å². The molecule has 1 aliphatic heterocycles. The Kier molecular flexibility index (Phi) is 10.7. The van der Waals surface area contributed by atoms with Crippen LogP contribution in [0.25, 0.3) is 0 Å². The Morgan fingerprint density at radius 1 is 1.24 bits per heavy atom. The normalized spacial score (nSPS) is 23.0. The molecule has 21 heavy (non-hydrogen) atoms. The van der Waals surface area contributed by atoms with Gasteiger partial charge in [-0.25, -0.2) is 0 Å². The lowest BCUT2D eigenvalue weighted by atomic mass is 10.0. The number of ether oxygens (including phenoxy) is 2. The molecule has 1 fully saturated rings. The van der Waals surface area contributed by atoms with E-state index in [0.29, 0.717) is 26.3 Å². The van der Waals surface area contributed by atoms with Gasteiger partial charge in [0.1, 0.15) is 0 Å². The van der Waals surface area contributed by atoms with Gasteiger partial charge in [-0.3, -0.25) is 0 Å². The summed E-state index contributed by atoms with van der Waals surface area (Å²) in [6.07, 6.45) is 1.84. The highest BCUT2D eigenvalue weighted by atomic mass is 35.5. The van der Waals surface area contributed by atoms with Gasteiger partial charge in [0.15, 0.2) is 0 Å². The van der Waals surface area contributed by atoms with E-state index in [2.05, 4.69) is 10.0 Å². The van der Waals surface area contributed by atoms with Crippen LogP contribution in [0.3, 0.4) is 0 Å². The molecule has 2 N–H and O–H groups in total. The third-order valence-electron chi connectivity index (χ3n) is 3.49. The summed E-state index contributed by atoms with van der Waals surface area (Å²) in [4.78, 5) is 0. The van der Waals surface area contributed by atoms with Crippen LogP contribution in [0.2, 0.25) is 0 Å². The van der Waals surface area contributed by atoms with Crippen LogP contribution in [-0.4, -0.2) is 71.9 Å². The van der Waals surface area contributed by atoms with Gasteiger partial charge in [-0.15, -0.1) is 12.4 Å². The molecule has 0 saturated carbocycles. The lowest BCUT2D eigenvalue weighted by Crippen LogP contribution is -2.55. The lowest BCUT2D eigenvalue weighted by molar-refractivity contribution is 0.149. The van der Waals surface area contributed by atoms with Gasteiger partial charge < -0.3 is 14.8 Å². The maximum absolute atomic E-state index is 12.4. The number of nitrogens with one attached hydrogen (secondary N) is 2. The summed E-state index contributed by atoms with van der Waals surface area (Å²) < 4.78 is 39.0. The molecule has 0 radical (unpaired) electrons. The van der Waals surface area contributed by atoms with Crippen molar-refractivity contribution in [3.63, 3.8) is 0 Å². The predicted octanol–water partition coefficient (Wildman–Crippen LogP) is -0.0221. The van der Waals surface area contributed by atoms with E-state index in [1.54, 1.807) is 14.2 Å². The first-order valence-electron chi connectivity index (χ1n) is 7.00. The number of halogens is 1. The highest BCUT2D eigenvalue weighted by Crippen LogP contribution is 2.11. The Morgan fingerprint density at radius 3 is 2.29 bits per heavy atom. The zero-order valence-electron chi connectivity index (χ0n) is 13.0. The second-order valence-corrected chi connectivity index (χ2v) is 6.70. The minimum atomic E-state index is -3.52. The maximum atomic E-state index is 12.4. The average Bonchev–Trinajstić information content (AvgIpc) is 2.41. The van der Waals surface area contributed by atoms with Gasteiger partial charge in [-0.1, -0.05) is 0 Å². The van der Waals surface area contributed by atoms with Crippen LogP contribution in [0.15, 0.2) is 0 Å². The molecule has 9 heteroatoms. The third kappa shape index (κ3) is 7.23. The summed E-state index contributed by atoms with van der Waals surface area (Å²) in [6.45, 7) is 4.32. The van der Waals surface area contributed by atoms with E-state index in [4.69, 9.17) is 9.47 Å². The van der Waals surface area contributed by atoms with Crippen molar-refractivity contribution >= 4 is 22.6 Å². The minimum absolute atomic E-state index is 0. The molecule has 1 heterocycles. The zero-order chi connectivity index (χ0) is 15.0. The Hall–Kier alpha value is 0.0400. The smallest absolute Gasteiger partial charge is 0.279 e. The van der Waals surface area contributed by atoms with Crippen molar-refractivity contribution < 1.29 is 17.9 Å². The molecular formula is C12H28ClN3O4S. The first-order valence-corrected chi connectivity index (χ1v) is 8.44. The highest BCUT2D eigenvalue weighted by Gasteiger charge is 2.29. The molecule has 0 aromatic rings. The largest absolute Gasteiger partial charge is 0.383 e. The molecule has 1 rings (SSSR count). The number of hydrogen-bond donors (Lipinski definition) is 2. The molecule has 1 aliphatic rings. The summed E-state index contributed by atoms with van der Waals surface area (Å²) >= 11 is 0. The minimum Gasteiger partial charge on any atom is -0.383 e. The molecular weight excluding hydrogens is 318 g/mol. The molecule has 128 valence electrons. The third-order valence-corrected chi connectivity index (χ3v) is 5.14. The topological polar surface area (TPSA) is 79.9 Å². The van der Waals surface area contributed by atoms with Crippen molar-refractivity contribution in [3.8, 4) is 0 Å². The number of hydrogen-bond acceptors (Lipinski definition) is 5. The lowest BCUT2D eigenvalue weighted by Gasteiger charge is -2.32. The molecule has 2 unspecified atom stereocenters. The molecule has 0 amide bonds. The number of methoxy groups -OCH3 is 2. The Balaban J connectivity index is 0.00000400. The molecule has 1 saturated heterocycles. The van der Waals surface area contributed by atoms with Crippen LogP contribution in [0.4, 0.5) is 0 Å². The van der Waals surface area contributed by atoms with E-state index in [9.17, 15) is 8.42 Å². The molecule has 0 bridgehead atoms. The summed E-state index contributed by atoms with van der Waals surface area (Å²) in [5.74, 6) is 0. The van der Waals surface area contributed by atoms with E-state index in [1.165, 1.54) is 4.31 Å². The van der Waals surface area contributed by atoms with Crippen LogP contribution < -0.4 is 10.0 Å².